The van der Waals surface area contributed by atoms with Crippen LogP contribution in [0.25, 0.3) is 0 Å². The van der Waals surface area contributed by atoms with Crippen molar-refractivity contribution < 1.29 is 15.0 Å². The van der Waals surface area contributed by atoms with Crippen LogP contribution in [0.3, 0.4) is 0 Å². The molecule has 4 heteroatoms. The number of aliphatic hydroxyl groups is 1. The molecule has 1 aliphatic carbocycles. The highest BCUT2D eigenvalue weighted by atomic mass is 16.4. The SMILES string of the molecule is N[C@@H]1C[C@@H](O)C[C@@H]1C(=O)O. The Morgan fingerprint density at radius 1 is 1.50 bits per heavy atom. The van der Waals surface area contributed by atoms with Gasteiger partial charge >= 0.3 is 5.97 Å². The van der Waals surface area contributed by atoms with Gasteiger partial charge in [-0.15, -0.1) is 0 Å². The molecule has 0 aromatic carbocycles. The molecule has 0 unspecified atom stereocenters. The first kappa shape index (κ1) is 7.50. The van der Waals surface area contributed by atoms with Gasteiger partial charge in [0.15, 0.2) is 0 Å². The van der Waals surface area contributed by atoms with Gasteiger partial charge < -0.3 is 15.9 Å². The number of nitrogens with two attached hydrogens (primary N) is 1. The summed E-state index contributed by atoms with van der Waals surface area (Å²) in [5.41, 5.74) is 5.43. The van der Waals surface area contributed by atoms with Gasteiger partial charge in [-0.3, -0.25) is 4.79 Å². The fourth-order valence-electron chi connectivity index (χ4n) is 1.33. The third-order valence-corrected chi connectivity index (χ3v) is 1.90. The summed E-state index contributed by atoms with van der Waals surface area (Å²) in [5.74, 6) is -1.45. The van der Waals surface area contributed by atoms with Crippen LogP contribution < -0.4 is 5.73 Å². The number of hydrogen-bond donors (Lipinski definition) is 3. The van der Waals surface area contributed by atoms with Gasteiger partial charge in [-0.2, -0.15) is 0 Å². The van der Waals surface area contributed by atoms with Gasteiger partial charge in [-0.1, -0.05) is 0 Å². The zero-order valence-corrected chi connectivity index (χ0v) is 5.53. The van der Waals surface area contributed by atoms with Crippen LogP contribution in [0.4, 0.5) is 0 Å². The average molecular weight is 145 g/mol. The first-order chi connectivity index (χ1) is 4.61. The summed E-state index contributed by atoms with van der Waals surface area (Å²) < 4.78 is 0. The standard InChI is InChI=1S/C6H11NO3/c7-5-2-3(8)1-4(5)6(9)10/h3-5,8H,1-2,7H2,(H,9,10)/t3-,4-,5+/m0/s1. The maximum Gasteiger partial charge on any atom is 0.308 e. The van der Waals surface area contributed by atoms with Crippen LogP contribution >= 0.6 is 0 Å². The molecule has 4 N–H and O–H groups in total. The lowest BCUT2D eigenvalue weighted by atomic mass is 10.1. The Bertz CT molecular complexity index is 148. The predicted octanol–water partition coefficient (Wildman–Crippen LogP) is -0.831. The van der Waals surface area contributed by atoms with Crippen LogP contribution in [0.2, 0.25) is 0 Å². The second kappa shape index (κ2) is 2.56. The number of carbonyl (C=O) groups is 1. The Kier molecular flexibility index (Phi) is 1.92. The minimum Gasteiger partial charge on any atom is -0.481 e. The van der Waals surface area contributed by atoms with Gasteiger partial charge in [-0.05, 0) is 12.8 Å². The molecule has 4 nitrogen and oxygen atoms in total. The van der Waals surface area contributed by atoms with Crippen LogP contribution in [0, 0.1) is 5.92 Å². The van der Waals surface area contributed by atoms with E-state index in [9.17, 15) is 4.79 Å². The Morgan fingerprint density at radius 2 is 2.10 bits per heavy atom. The van der Waals surface area contributed by atoms with Crippen LogP contribution in [0.1, 0.15) is 12.8 Å². The molecule has 1 aliphatic rings. The quantitative estimate of drug-likeness (QED) is 0.449. The summed E-state index contributed by atoms with van der Waals surface area (Å²) in [6.07, 6.45) is 0.198. The fraction of sp³-hybridized carbons (Fsp3) is 0.833. The smallest absolute Gasteiger partial charge is 0.308 e. The summed E-state index contributed by atoms with van der Waals surface area (Å²) in [4.78, 5) is 10.4. The van der Waals surface area contributed by atoms with Crippen molar-refractivity contribution in [1.82, 2.24) is 0 Å². The van der Waals surface area contributed by atoms with Crippen LogP contribution in [0.5, 0.6) is 0 Å². The predicted molar refractivity (Wildman–Crippen MR) is 34.3 cm³/mol. The van der Waals surface area contributed by atoms with E-state index in [1.165, 1.54) is 0 Å². The molecule has 3 atom stereocenters. The van der Waals surface area contributed by atoms with Crippen molar-refractivity contribution in [3.8, 4) is 0 Å². The molecule has 0 saturated heterocycles. The molecule has 58 valence electrons. The van der Waals surface area contributed by atoms with Crippen molar-refractivity contribution in [3.63, 3.8) is 0 Å². The Balaban J connectivity index is 2.54. The first-order valence-electron chi connectivity index (χ1n) is 3.27. The van der Waals surface area contributed by atoms with Gasteiger partial charge in [0.25, 0.3) is 0 Å². The molecular formula is C6H11NO3. The molecule has 0 aromatic heterocycles. The van der Waals surface area contributed by atoms with Crippen LogP contribution in [-0.4, -0.2) is 28.3 Å². The molecule has 1 rings (SSSR count). The van der Waals surface area contributed by atoms with Gasteiger partial charge in [-0.25, -0.2) is 0 Å². The maximum atomic E-state index is 10.4. The van der Waals surface area contributed by atoms with E-state index in [1.54, 1.807) is 0 Å². The first-order valence-corrected chi connectivity index (χ1v) is 3.27. The summed E-state index contributed by atoms with van der Waals surface area (Å²) in [6.45, 7) is 0. The second-order valence-corrected chi connectivity index (χ2v) is 2.73. The van der Waals surface area contributed by atoms with E-state index in [0.29, 0.717) is 12.8 Å². The van der Waals surface area contributed by atoms with Gasteiger partial charge in [0.1, 0.15) is 0 Å². The van der Waals surface area contributed by atoms with E-state index in [4.69, 9.17) is 15.9 Å². The van der Waals surface area contributed by atoms with Crippen molar-refractivity contribution in [2.75, 3.05) is 0 Å². The Hall–Kier alpha value is -0.610. The molecular weight excluding hydrogens is 134 g/mol. The highest BCUT2D eigenvalue weighted by molar-refractivity contribution is 5.71. The van der Waals surface area contributed by atoms with Crippen molar-refractivity contribution >= 4 is 5.97 Å². The minimum absolute atomic E-state index is 0.302. The van der Waals surface area contributed by atoms with Crippen LogP contribution in [-0.2, 0) is 4.79 Å². The molecule has 0 spiro atoms. The topological polar surface area (TPSA) is 83.5 Å². The monoisotopic (exact) mass is 145 g/mol. The van der Waals surface area contributed by atoms with E-state index >= 15 is 0 Å². The number of hydrogen-bond acceptors (Lipinski definition) is 3. The summed E-state index contributed by atoms with van der Waals surface area (Å²) in [5, 5.41) is 17.5. The number of aliphatic carboxylic acids is 1. The number of rotatable bonds is 1. The van der Waals surface area contributed by atoms with Gasteiger partial charge in [0, 0.05) is 6.04 Å². The van der Waals surface area contributed by atoms with Crippen LogP contribution in [0.15, 0.2) is 0 Å². The fourth-order valence-corrected chi connectivity index (χ4v) is 1.33. The zero-order chi connectivity index (χ0) is 7.72. The largest absolute Gasteiger partial charge is 0.481 e. The third kappa shape index (κ3) is 1.27. The van der Waals surface area contributed by atoms with E-state index in [1.807, 2.05) is 0 Å². The summed E-state index contributed by atoms with van der Waals surface area (Å²) >= 11 is 0. The van der Waals surface area contributed by atoms with Crippen molar-refractivity contribution in [1.29, 1.82) is 0 Å². The van der Waals surface area contributed by atoms with E-state index in [0.717, 1.165) is 0 Å². The molecule has 10 heavy (non-hydrogen) atoms. The highest BCUT2D eigenvalue weighted by Gasteiger charge is 2.35. The van der Waals surface area contributed by atoms with Gasteiger partial charge in [0.05, 0.1) is 12.0 Å². The zero-order valence-electron chi connectivity index (χ0n) is 5.53. The number of carboxylic acid groups (broad SMARTS) is 1. The van der Waals surface area contributed by atoms with E-state index in [2.05, 4.69) is 0 Å². The minimum atomic E-state index is -0.899. The number of carboxylic acids is 1. The highest BCUT2D eigenvalue weighted by Crippen LogP contribution is 2.24. The molecule has 0 radical (unpaired) electrons. The molecule has 0 bridgehead atoms. The molecule has 1 fully saturated rings. The van der Waals surface area contributed by atoms with Crippen molar-refractivity contribution in [2.45, 2.75) is 25.0 Å². The van der Waals surface area contributed by atoms with Gasteiger partial charge in [0.2, 0.25) is 0 Å². The summed E-state index contributed by atoms with van der Waals surface area (Å²) in [6, 6.07) is -0.368. The normalized spacial score (nSPS) is 40.0. The van der Waals surface area contributed by atoms with E-state index < -0.39 is 18.0 Å². The molecule has 0 aliphatic heterocycles. The Labute approximate surface area is 58.6 Å². The average Bonchev–Trinajstić information content (AvgIpc) is 2.10. The lowest BCUT2D eigenvalue weighted by Gasteiger charge is -2.07. The summed E-state index contributed by atoms with van der Waals surface area (Å²) in [7, 11) is 0. The molecule has 0 aromatic rings. The van der Waals surface area contributed by atoms with Crippen molar-refractivity contribution in [3.05, 3.63) is 0 Å². The second-order valence-electron chi connectivity index (χ2n) is 2.73. The molecule has 0 amide bonds. The molecule has 1 saturated carbocycles. The lowest BCUT2D eigenvalue weighted by molar-refractivity contribution is -0.142. The van der Waals surface area contributed by atoms with E-state index in [-0.39, 0.29) is 6.04 Å². The third-order valence-electron chi connectivity index (χ3n) is 1.90. The van der Waals surface area contributed by atoms with Crippen molar-refractivity contribution in [2.24, 2.45) is 11.7 Å². The lowest BCUT2D eigenvalue weighted by Crippen LogP contribution is -2.30. The number of aliphatic hydroxyl groups excluding tert-OH is 1. The maximum absolute atomic E-state index is 10.4. The molecule has 0 heterocycles. The Morgan fingerprint density at radius 3 is 2.30 bits per heavy atom.